The number of pyridine rings is 2. The zero-order chi connectivity index (χ0) is 51.8. The molecule has 0 aliphatic carbocycles. The van der Waals surface area contributed by atoms with Gasteiger partial charge in [-0.2, -0.15) is 0 Å². The summed E-state index contributed by atoms with van der Waals surface area (Å²) in [5.41, 5.74) is 9.24. The molecule has 10 nitrogen and oxygen atoms in total. The van der Waals surface area contributed by atoms with E-state index in [4.69, 9.17) is 33.2 Å². The van der Waals surface area contributed by atoms with E-state index in [0.29, 0.717) is 44.8 Å². The van der Waals surface area contributed by atoms with Crippen LogP contribution in [0.25, 0.3) is 22.1 Å². The highest BCUT2D eigenvalue weighted by molar-refractivity contribution is 6.83. The Kier molecular flexibility index (Phi) is 20.3. The Morgan fingerprint density at radius 3 is 1.36 bits per heavy atom. The second-order valence-corrected chi connectivity index (χ2v) is 34.2. The van der Waals surface area contributed by atoms with Crippen LogP contribution in [0.4, 0.5) is 4.79 Å². The molecule has 1 atom stereocenters. The molecule has 0 amide bonds. The molecule has 5 aromatic rings. The quantitative estimate of drug-likeness (QED) is 0.0478. The van der Waals surface area contributed by atoms with Crippen molar-refractivity contribution in [1.29, 1.82) is 0 Å². The van der Waals surface area contributed by atoms with Gasteiger partial charge in [0.15, 0.2) is 33.6 Å². The Balaban J connectivity index is 0.000000234. The van der Waals surface area contributed by atoms with Crippen molar-refractivity contribution in [3.63, 3.8) is 0 Å². The Morgan fingerprint density at radius 1 is 0.629 bits per heavy atom. The van der Waals surface area contributed by atoms with Crippen molar-refractivity contribution in [1.82, 2.24) is 28.6 Å². The van der Waals surface area contributed by atoms with Gasteiger partial charge < -0.3 is 18.5 Å². The molecular weight excluding hydrogens is 948 g/mol. The van der Waals surface area contributed by atoms with Crippen LogP contribution in [0.15, 0.2) is 67.3 Å². The molecule has 4 aromatic heterocycles. The maximum Gasteiger partial charge on any atom is 0.405 e. The molecule has 14 heteroatoms. The van der Waals surface area contributed by atoms with Gasteiger partial charge in [0, 0.05) is 64.3 Å². The summed E-state index contributed by atoms with van der Waals surface area (Å²) in [5, 5.41) is 5.48. The number of Topliss-reactive ketones (excluding diaryl/α,β-unsaturated/α-hetero) is 2. The lowest BCUT2D eigenvalue weighted by Gasteiger charge is -2.44. The highest BCUT2D eigenvalue weighted by Gasteiger charge is 2.47. The molecule has 384 valence electrons. The van der Waals surface area contributed by atoms with Crippen molar-refractivity contribution in [2.45, 2.75) is 175 Å². The monoisotopic (exact) mass is 1030 g/mol. The summed E-state index contributed by atoms with van der Waals surface area (Å²) in [6, 6.07) is 15.0. The number of aryl methyl sites for hydroxylation is 2. The molecule has 2 fully saturated rings. The van der Waals surface area contributed by atoms with Gasteiger partial charge in [-0.05, 0) is 147 Å². The van der Waals surface area contributed by atoms with Crippen LogP contribution >= 0.6 is 23.2 Å². The van der Waals surface area contributed by atoms with Crippen molar-refractivity contribution in [2.75, 3.05) is 26.2 Å². The number of hydrogen-bond donors (Lipinski definition) is 1. The summed E-state index contributed by atoms with van der Waals surface area (Å²) in [6.45, 7) is 38.9. The molecule has 0 bridgehead atoms. The fourth-order valence-electron chi connectivity index (χ4n) is 13.1. The molecule has 1 unspecified atom stereocenters. The van der Waals surface area contributed by atoms with E-state index in [-0.39, 0.29) is 11.8 Å². The van der Waals surface area contributed by atoms with Crippen LogP contribution < -0.4 is 5.32 Å². The van der Waals surface area contributed by atoms with Crippen molar-refractivity contribution < 1.29 is 19.1 Å². The number of alkyl halides is 1. The van der Waals surface area contributed by atoms with E-state index in [1.165, 1.54) is 12.5 Å². The Morgan fingerprint density at radius 2 is 1.01 bits per heavy atom. The van der Waals surface area contributed by atoms with Gasteiger partial charge in [-0.3, -0.25) is 14.5 Å². The van der Waals surface area contributed by atoms with Crippen LogP contribution in [-0.4, -0.2) is 88.5 Å². The van der Waals surface area contributed by atoms with E-state index in [9.17, 15) is 14.4 Å². The summed E-state index contributed by atoms with van der Waals surface area (Å²) >= 11 is 9.87. The highest BCUT2D eigenvalue weighted by Crippen LogP contribution is 2.46. The number of ketones is 2. The normalized spacial score (nSPS) is 16.0. The Bertz CT molecular complexity index is 2480. The first-order valence-electron chi connectivity index (χ1n) is 26.0. The molecule has 2 aliphatic heterocycles. The molecule has 1 aromatic carbocycles. The van der Waals surface area contributed by atoms with Crippen molar-refractivity contribution in [3.05, 3.63) is 95.1 Å². The van der Waals surface area contributed by atoms with Gasteiger partial charge >= 0.3 is 5.43 Å². The third kappa shape index (κ3) is 12.1. The number of rotatable bonds is 15. The summed E-state index contributed by atoms with van der Waals surface area (Å²) in [5.74, 6) is 0.862. The molecular formula is C56H84Cl2N6O4Si2. The van der Waals surface area contributed by atoms with Crippen LogP contribution in [0.1, 0.15) is 153 Å². The predicted octanol–water partition coefficient (Wildman–Crippen LogP) is 15.0. The fraction of sp³-hybridized carbons (Fsp3) is 0.589. The molecule has 7 rings (SSSR count). The Labute approximate surface area is 432 Å². The van der Waals surface area contributed by atoms with Crippen LogP contribution in [0.2, 0.25) is 33.2 Å². The van der Waals surface area contributed by atoms with Gasteiger partial charge in [-0.25, -0.2) is 14.8 Å². The minimum Gasteiger partial charge on any atom is -0.434 e. The molecule has 0 spiro atoms. The van der Waals surface area contributed by atoms with E-state index in [0.717, 1.165) is 103 Å². The number of ether oxygens (including phenoxy) is 1. The van der Waals surface area contributed by atoms with Gasteiger partial charge in [-0.15, -0.1) is 0 Å². The van der Waals surface area contributed by atoms with Gasteiger partial charge in [0.2, 0.25) is 0 Å². The fourth-order valence-corrected chi connectivity index (χ4v) is 26.5. The molecule has 1 N–H and O–H groups in total. The number of aromatic nitrogens is 4. The van der Waals surface area contributed by atoms with Gasteiger partial charge in [0.05, 0.1) is 0 Å². The number of carbonyl (C=O) groups is 3. The standard InChI is InChI=1S/C30H43N3OSi.C23H37N3OSi.C3H4Cl2O2/c1-21(2)35(22(3)4,23(5)6)33-18-15-27-28(24(7)19-31-30(27)33)29(34)26-13-16-32(17-14-26)20-25-11-9-8-10-12-25;1-15(2)28(16(3)4,17(5)6)26-13-10-20-21(18(7)14-25-23(20)26)22(27)19-8-11-24-12-9-19;1-2(4)7-3(5)6/h8-12,15,18-19,21-23,26H,13-14,16-17,20H2,1-7H3;10,13-17,19,24H,8-9,11-12H2,1-7H3;2H,1H3. The summed E-state index contributed by atoms with van der Waals surface area (Å²) in [7, 11) is -3.84. The molecule has 6 heterocycles. The molecule has 0 radical (unpaired) electrons. The lowest BCUT2D eigenvalue weighted by molar-refractivity contribution is 0.0835. The number of benzene rings is 1. The van der Waals surface area contributed by atoms with Gasteiger partial charge in [0.25, 0.3) is 0 Å². The molecule has 2 aliphatic rings. The zero-order valence-corrected chi connectivity index (χ0v) is 48.5. The second-order valence-electron chi connectivity index (χ2n) is 21.9. The number of likely N-dealkylation sites (tertiary alicyclic amines) is 1. The number of nitrogens with one attached hydrogen (secondary N) is 1. The molecule has 2 saturated heterocycles. The van der Waals surface area contributed by atoms with E-state index < -0.39 is 27.5 Å². The zero-order valence-electron chi connectivity index (χ0n) is 45.0. The minimum atomic E-state index is -1.94. The number of piperidine rings is 2. The van der Waals surface area contributed by atoms with Crippen molar-refractivity contribution in [2.24, 2.45) is 11.8 Å². The average molecular weight is 1030 g/mol. The first-order chi connectivity index (χ1) is 33.0. The van der Waals surface area contributed by atoms with E-state index in [1.54, 1.807) is 0 Å². The van der Waals surface area contributed by atoms with E-state index >= 15 is 0 Å². The number of fused-ring (bicyclic) bond motifs is 2. The SMILES string of the molecule is CC(Cl)OC(=O)Cl.Cc1cnc2c(ccn2[Si](C(C)C)(C(C)C)C(C)C)c1C(=O)C1CCN(Cc2ccccc2)CC1.Cc1cnc2c(ccn2[Si](C(C)C)(C(C)C)C(C)C)c1C(=O)C1CCNCC1. The predicted molar refractivity (Wildman–Crippen MR) is 298 cm³/mol. The Hall–Kier alpha value is -3.66. The number of carbonyl (C=O) groups excluding carboxylic acids is 3. The smallest absolute Gasteiger partial charge is 0.405 e. The minimum absolute atomic E-state index is 0.0944. The number of nitrogens with zero attached hydrogens (tertiary/aromatic N) is 5. The van der Waals surface area contributed by atoms with Crippen LogP contribution in [0.3, 0.4) is 0 Å². The average Bonchev–Trinajstić information content (AvgIpc) is 3.91. The number of halogens is 2. The first kappa shape index (κ1) is 57.2. The molecule has 70 heavy (non-hydrogen) atoms. The summed E-state index contributed by atoms with van der Waals surface area (Å²) < 4.78 is 9.19. The first-order valence-corrected chi connectivity index (χ1v) is 31.2. The van der Waals surface area contributed by atoms with Gasteiger partial charge in [0.1, 0.15) is 11.3 Å². The molecule has 0 saturated carbocycles. The lowest BCUT2D eigenvalue weighted by Crippen LogP contribution is -2.51. The third-order valence-electron chi connectivity index (χ3n) is 15.9. The summed E-state index contributed by atoms with van der Waals surface area (Å²) in [6.07, 6.45) is 12.1. The maximum atomic E-state index is 13.9. The van der Waals surface area contributed by atoms with Crippen LogP contribution in [-0.2, 0) is 11.3 Å². The maximum absolute atomic E-state index is 13.9. The van der Waals surface area contributed by atoms with E-state index in [2.05, 4.69) is 168 Å². The van der Waals surface area contributed by atoms with Crippen LogP contribution in [0.5, 0.6) is 0 Å². The largest absolute Gasteiger partial charge is 0.434 e. The highest BCUT2D eigenvalue weighted by atomic mass is 35.5. The summed E-state index contributed by atoms with van der Waals surface area (Å²) in [4.78, 5) is 49.4. The second kappa shape index (κ2) is 24.8. The topological polar surface area (TPSA) is 111 Å². The van der Waals surface area contributed by atoms with Gasteiger partial charge in [-0.1, -0.05) is 125 Å². The third-order valence-corrected chi connectivity index (χ3v) is 29.5. The van der Waals surface area contributed by atoms with Crippen molar-refractivity contribution >= 4 is 78.7 Å². The van der Waals surface area contributed by atoms with Crippen LogP contribution in [0, 0.1) is 25.7 Å². The van der Waals surface area contributed by atoms with E-state index in [1.807, 2.05) is 19.3 Å². The lowest BCUT2D eigenvalue weighted by atomic mass is 9.86. The van der Waals surface area contributed by atoms with Crippen molar-refractivity contribution in [3.8, 4) is 0 Å². The number of hydrogen-bond acceptors (Lipinski definition) is 8.